The number of benzene rings is 1. The van der Waals surface area contributed by atoms with Crippen LogP contribution in [-0.4, -0.2) is 70.2 Å². The lowest BCUT2D eigenvalue weighted by molar-refractivity contribution is -0.138. The van der Waals surface area contributed by atoms with Gasteiger partial charge in [-0.2, -0.15) is 13.2 Å². The van der Waals surface area contributed by atoms with Crippen LogP contribution in [-0.2, 0) is 17.5 Å². The Morgan fingerprint density at radius 2 is 1.66 bits per heavy atom. The maximum atomic E-state index is 13.0. The summed E-state index contributed by atoms with van der Waals surface area (Å²) in [5, 5.41) is 0. The van der Waals surface area contributed by atoms with E-state index in [4.69, 9.17) is 4.74 Å². The molecule has 2 atom stereocenters. The van der Waals surface area contributed by atoms with Gasteiger partial charge in [0, 0.05) is 50.5 Å². The number of rotatable bonds is 4. The highest BCUT2D eigenvalue weighted by molar-refractivity contribution is 5.69. The molecule has 1 aromatic heterocycles. The molecule has 2 aliphatic heterocycles. The van der Waals surface area contributed by atoms with Gasteiger partial charge in [0.15, 0.2) is 0 Å². The summed E-state index contributed by atoms with van der Waals surface area (Å²) in [7, 11) is 0. The first kappa shape index (κ1) is 23.8. The number of anilines is 1. The minimum absolute atomic E-state index is 0.0583. The summed E-state index contributed by atoms with van der Waals surface area (Å²) in [5.41, 5.74) is 0.709. The minimum Gasteiger partial charge on any atom is -0.446 e. The lowest BCUT2D eigenvalue weighted by Gasteiger charge is -2.58. The van der Waals surface area contributed by atoms with Gasteiger partial charge in [0.2, 0.25) is 5.95 Å². The normalized spacial score (nSPS) is 24.7. The second kappa shape index (κ2) is 8.96. The summed E-state index contributed by atoms with van der Waals surface area (Å²) < 4.78 is 44.2. The number of carbonyl (C=O) groups is 1. The number of amides is 1. The third-order valence-electron chi connectivity index (χ3n) is 7.33. The summed E-state index contributed by atoms with van der Waals surface area (Å²) in [4.78, 5) is 26.7. The van der Waals surface area contributed by atoms with Gasteiger partial charge in [0.25, 0.3) is 0 Å². The molecule has 2 saturated heterocycles. The Labute approximate surface area is 202 Å². The first-order valence-corrected chi connectivity index (χ1v) is 12.0. The zero-order valence-corrected chi connectivity index (χ0v) is 19.9. The number of nitrogens with zero attached hydrogens (tertiary/aromatic N) is 5. The smallest absolute Gasteiger partial charge is 0.419 e. The Morgan fingerprint density at radius 3 is 2.23 bits per heavy atom. The molecule has 1 saturated carbocycles. The second-order valence-electron chi connectivity index (χ2n) is 10.3. The Morgan fingerprint density at radius 1 is 1.06 bits per heavy atom. The van der Waals surface area contributed by atoms with Crippen LogP contribution in [0.4, 0.5) is 23.9 Å². The van der Waals surface area contributed by atoms with E-state index in [1.165, 1.54) is 5.56 Å². The number of likely N-dealkylation sites (tertiary alicyclic amines) is 1. The summed E-state index contributed by atoms with van der Waals surface area (Å²) in [6.45, 7) is 7.69. The summed E-state index contributed by atoms with van der Waals surface area (Å²) in [6, 6.07) is 10.1. The fourth-order valence-corrected chi connectivity index (χ4v) is 5.78. The highest BCUT2D eigenvalue weighted by atomic mass is 19.4. The molecule has 10 heteroatoms. The predicted octanol–water partition coefficient (Wildman–Crippen LogP) is 4.20. The van der Waals surface area contributed by atoms with Crippen molar-refractivity contribution in [2.24, 2.45) is 5.41 Å². The Balaban J connectivity index is 1.09. The monoisotopic (exact) mass is 489 g/mol. The lowest BCUT2D eigenvalue weighted by Crippen LogP contribution is -2.65. The fraction of sp³-hybridized carbons (Fsp3) is 0.560. The van der Waals surface area contributed by atoms with Gasteiger partial charge in [-0.3, -0.25) is 9.80 Å². The van der Waals surface area contributed by atoms with E-state index >= 15 is 0 Å². The van der Waals surface area contributed by atoms with E-state index in [1.54, 1.807) is 4.90 Å². The van der Waals surface area contributed by atoms with Crippen molar-refractivity contribution in [1.82, 2.24) is 19.8 Å². The van der Waals surface area contributed by atoms with E-state index in [9.17, 15) is 18.0 Å². The van der Waals surface area contributed by atoms with Crippen LogP contribution in [0.3, 0.4) is 0 Å². The standard InChI is InChI=1S/C25H30F3N5O2/c1-17-12-32(22-29-10-20(11-30-22)25(26,27)28)13-18(2)33(17)23(34)35-21-8-24(9-21)15-31(16-24)14-19-6-4-3-5-7-19/h3-7,10-11,17-18,21H,8-9,12-16H2,1-2H3/t17-,18-/m1/s1. The highest BCUT2D eigenvalue weighted by Gasteiger charge is 2.54. The largest absolute Gasteiger partial charge is 0.446 e. The fourth-order valence-electron chi connectivity index (χ4n) is 5.78. The predicted molar refractivity (Wildman–Crippen MR) is 124 cm³/mol. The van der Waals surface area contributed by atoms with Gasteiger partial charge in [-0.25, -0.2) is 14.8 Å². The zero-order valence-electron chi connectivity index (χ0n) is 19.9. The molecule has 35 heavy (non-hydrogen) atoms. The topological polar surface area (TPSA) is 61.8 Å². The molecule has 0 unspecified atom stereocenters. The van der Waals surface area contributed by atoms with E-state index < -0.39 is 11.7 Å². The van der Waals surface area contributed by atoms with Gasteiger partial charge in [0.1, 0.15) is 6.10 Å². The number of carbonyl (C=O) groups excluding carboxylic acids is 1. The Kier molecular flexibility index (Phi) is 6.11. The molecule has 1 aliphatic carbocycles. The quantitative estimate of drug-likeness (QED) is 0.642. The van der Waals surface area contributed by atoms with E-state index in [1.807, 2.05) is 24.8 Å². The van der Waals surface area contributed by atoms with Gasteiger partial charge in [-0.1, -0.05) is 30.3 Å². The molecule has 7 nitrogen and oxygen atoms in total. The number of aromatic nitrogens is 2. The van der Waals surface area contributed by atoms with Crippen LogP contribution in [0.25, 0.3) is 0 Å². The first-order chi connectivity index (χ1) is 16.6. The molecule has 1 amide bonds. The molecular formula is C25H30F3N5O2. The lowest BCUT2D eigenvalue weighted by atomic mass is 9.61. The van der Waals surface area contributed by atoms with Crippen molar-refractivity contribution in [3.8, 4) is 0 Å². The molecule has 2 aromatic rings. The zero-order chi connectivity index (χ0) is 24.8. The van der Waals surface area contributed by atoms with E-state index in [-0.39, 0.29) is 35.6 Å². The average molecular weight is 490 g/mol. The number of ether oxygens (including phenoxy) is 1. The first-order valence-electron chi connectivity index (χ1n) is 12.0. The molecular weight excluding hydrogens is 459 g/mol. The van der Waals surface area contributed by atoms with Crippen molar-refractivity contribution in [3.05, 3.63) is 53.9 Å². The molecule has 0 N–H and O–H groups in total. The molecule has 188 valence electrons. The van der Waals surface area contributed by atoms with Crippen molar-refractivity contribution in [1.29, 1.82) is 0 Å². The van der Waals surface area contributed by atoms with Gasteiger partial charge >= 0.3 is 12.3 Å². The van der Waals surface area contributed by atoms with Crippen LogP contribution < -0.4 is 4.90 Å². The van der Waals surface area contributed by atoms with E-state index in [2.05, 4.69) is 39.1 Å². The van der Waals surface area contributed by atoms with Gasteiger partial charge in [-0.15, -0.1) is 0 Å². The van der Waals surface area contributed by atoms with Crippen molar-refractivity contribution in [2.45, 2.75) is 57.6 Å². The number of halogens is 3. The van der Waals surface area contributed by atoms with Crippen molar-refractivity contribution in [3.63, 3.8) is 0 Å². The van der Waals surface area contributed by atoms with Crippen molar-refractivity contribution < 1.29 is 22.7 Å². The SMILES string of the molecule is C[C@@H]1CN(c2ncc(C(F)(F)F)cn2)C[C@@H](C)N1C(=O)OC1CC2(C1)CN(Cc1ccccc1)C2. The van der Waals surface area contributed by atoms with E-state index in [0.29, 0.717) is 13.1 Å². The average Bonchev–Trinajstić information content (AvgIpc) is 2.76. The van der Waals surface area contributed by atoms with Crippen LogP contribution >= 0.6 is 0 Å². The van der Waals surface area contributed by atoms with Crippen molar-refractivity contribution >= 4 is 12.0 Å². The number of hydrogen-bond donors (Lipinski definition) is 0. The molecule has 0 bridgehead atoms. The summed E-state index contributed by atoms with van der Waals surface area (Å²) in [5.74, 6) is 0.232. The summed E-state index contributed by atoms with van der Waals surface area (Å²) >= 11 is 0. The number of alkyl halides is 3. The number of piperazine rings is 1. The van der Waals surface area contributed by atoms with Crippen LogP contribution in [0.5, 0.6) is 0 Å². The van der Waals surface area contributed by atoms with Gasteiger partial charge in [-0.05, 0) is 32.3 Å². The Bertz CT molecular complexity index is 1020. The molecule has 3 aliphatic rings. The molecule has 5 rings (SSSR count). The molecule has 3 fully saturated rings. The van der Waals surface area contributed by atoms with Crippen LogP contribution in [0.15, 0.2) is 42.7 Å². The van der Waals surface area contributed by atoms with Crippen LogP contribution in [0.2, 0.25) is 0 Å². The van der Waals surface area contributed by atoms with Crippen LogP contribution in [0.1, 0.15) is 37.8 Å². The molecule has 3 heterocycles. The molecule has 0 radical (unpaired) electrons. The maximum absolute atomic E-state index is 13.0. The van der Waals surface area contributed by atoms with Gasteiger partial charge < -0.3 is 9.64 Å². The van der Waals surface area contributed by atoms with Crippen molar-refractivity contribution in [2.75, 3.05) is 31.1 Å². The highest BCUT2D eigenvalue weighted by Crippen LogP contribution is 2.50. The molecule has 1 spiro atoms. The maximum Gasteiger partial charge on any atom is 0.419 e. The minimum atomic E-state index is -4.47. The van der Waals surface area contributed by atoms with Crippen LogP contribution in [0, 0.1) is 5.41 Å². The third kappa shape index (κ3) is 4.94. The molecule has 1 aromatic carbocycles. The second-order valence-corrected chi connectivity index (χ2v) is 10.3. The number of hydrogen-bond acceptors (Lipinski definition) is 6. The van der Waals surface area contributed by atoms with Gasteiger partial charge in [0.05, 0.1) is 17.6 Å². The Hall–Kier alpha value is -2.88. The summed E-state index contributed by atoms with van der Waals surface area (Å²) in [6.07, 6.45) is -1.46. The third-order valence-corrected chi connectivity index (χ3v) is 7.33. The van der Waals surface area contributed by atoms with E-state index in [0.717, 1.165) is 44.9 Å².